The smallest absolute Gasteiger partial charge is 0.230 e. The summed E-state index contributed by atoms with van der Waals surface area (Å²) in [6.07, 6.45) is 6.03. The molecule has 0 aliphatic carbocycles. The first-order valence-electron chi connectivity index (χ1n) is 7.15. The van der Waals surface area contributed by atoms with Gasteiger partial charge in [-0.3, -0.25) is 4.90 Å². The first-order valence-corrected chi connectivity index (χ1v) is 7.15. The van der Waals surface area contributed by atoms with Gasteiger partial charge >= 0.3 is 0 Å². The van der Waals surface area contributed by atoms with E-state index in [1.54, 1.807) is 0 Å². The standard InChI is InChI=1S/C13H22N4O/c1-2-12-15-16-13(18-12)9-17-8-4-6-11(17)10-5-3-7-14-10/h10-11,14H,2-9H2,1H3. The third kappa shape index (κ3) is 2.42. The Balaban J connectivity index is 1.63. The molecular weight excluding hydrogens is 228 g/mol. The molecule has 5 heteroatoms. The van der Waals surface area contributed by atoms with Gasteiger partial charge in [0.05, 0.1) is 6.54 Å². The molecule has 0 radical (unpaired) electrons. The minimum Gasteiger partial charge on any atom is -0.424 e. The molecule has 0 amide bonds. The van der Waals surface area contributed by atoms with Gasteiger partial charge in [0.2, 0.25) is 11.8 Å². The maximum absolute atomic E-state index is 5.62. The number of rotatable bonds is 4. The van der Waals surface area contributed by atoms with Crippen LogP contribution >= 0.6 is 0 Å². The lowest BCUT2D eigenvalue weighted by atomic mass is 10.0. The molecule has 1 aromatic heterocycles. The average Bonchev–Trinajstić information content (AvgIpc) is 3.09. The maximum Gasteiger partial charge on any atom is 0.230 e. The highest BCUT2D eigenvalue weighted by Crippen LogP contribution is 2.26. The predicted molar refractivity (Wildman–Crippen MR) is 68.1 cm³/mol. The molecule has 3 rings (SSSR count). The SMILES string of the molecule is CCc1nnc(CN2CCCC2C2CCCN2)o1. The quantitative estimate of drug-likeness (QED) is 0.874. The van der Waals surface area contributed by atoms with E-state index in [-0.39, 0.29) is 0 Å². The van der Waals surface area contributed by atoms with Crippen molar-refractivity contribution in [2.75, 3.05) is 13.1 Å². The molecular formula is C13H22N4O. The number of nitrogens with one attached hydrogen (secondary N) is 1. The zero-order valence-electron chi connectivity index (χ0n) is 11.1. The number of aryl methyl sites for hydroxylation is 1. The molecule has 0 spiro atoms. The summed E-state index contributed by atoms with van der Waals surface area (Å²) in [4.78, 5) is 2.51. The summed E-state index contributed by atoms with van der Waals surface area (Å²) in [6, 6.07) is 1.32. The minimum absolute atomic E-state index is 0.657. The van der Waals surface area contributed by atoms with Crippen LogP contribution in [0.15, 0.2) is 4.42 Å². The highest BCUT2D eigenvalue weighted by Gasteiger charge is 2.33. The van der Waals surface area contributed by atoms with Crippen molar-refractivity contribution >= 4 is 0 Å². The molecule has 2 atom stereocenters. The van der Waals surface area contributed by atoms with Gasteiger partial charge in [-0.2, -0.15) is 0 Å². The lowest BCUT2D eigenvalue weighted by Crippen LogP contribution is -2.43. The Morgan fingerprint density at radius 3 is 2.89 bits per heavy atom. The Morgan fingerprint density at radius 2 is 2.17 bits per heavy atom. The molecule has 0 saturated carbocycles. The van der Waals surface area contributed by atoms with Gasteiger partial charge in [-0.1, -0.05) is 6.92 Å². The van der Waals surface area contributed by atoms with Crippen molar-refractivity contribution in [1.29, 1.82) is 0 Å². The molecule has 2 fully saturated rings. The van der Waals surface area contributed by atoms with Crippen molar-refractivity contribution in [3.8, 4) is 0 Å². The number of likely N-dealkylation sites (tertiary alicyclic amines) is 1. The van der Waals surface area contributed by atoms with E-state index in [4.69, 9.17) is 4.42 Å². The zero-order valence-corrected chi connectivity index (χ0v) is 11.1. The topological polar surface area (TPSA) is 54.2 Å². The second-order valence-corrected chi connectivity index (χ2v) is 5.33. The van der Waals surface area contributed by atoms with Crippen LogP contribution in [0.4, 0.5) is 0 Å². The first kappa shape index (κ1) is 12.1. The van der Waals surface area contributed by atoms with Crippen molar-refractivity contribution < 1.29 is 4.42 Å². The van der Waals surface area contributed by atoms with E-state index in [9.17, 15) is 0 Å². The first-order chi connectivity index (χ1) is 8.86. The molecule has 3 heterocycles. The van der Waals surface area contributed by atoms with Gasteiger partial charge < -0.3 is 9.73 Å². The highest BCUT2D eigenvalue weighted by atomic mass is 16.4. The van der Waals surface area contributed by atoms with Crippen molar-refractivity contribution in [3.05, 3.63) is 11.8 Å². The molecule has 0 bridgehead atoms. The van der Waals surface area contributed by atoms with Gasteiger partial charge in [0, 0.05) is 18.5 Å². The molecule has 100 valence electrons. The molecule has 1 N–H and O–H groups in total. The van der Waals surface area contributed by atoms with Crippen molar-refractivity contribution in [1.82, 2.24) is 20.4 Å². The van der Waals surface area contributed by atoms with Gasteiger partial charge in [-0.15, -0.1) is 10.2 Å². The van der Waals surface area contributed by atoms with Crippen molar-refractivity contribution in [2.45, 2.75) is 57.7 Å². The van der Waals surface area contributed by atoms with E-state index in [0.717, 1.165) is 31.3 Å². The van der Waals surface area contributed by atoms with E-state index in [2.05, 4.69) is 20.4 Å². The molecule has 18 heavy (non-hydrogen) atoms. The summed E-state index contributed by atoms with van der Waals surface area (Å²) < 4.78 is 5.62. The normalized spacial score (nSPS) is 29.2. The summed E-state index contributed by atoms with van der Waals surface area (Å²) in [7, 11) is 0. The van der Waals surface area contributed by atoms with Crippen LogP contribution in [-0.2, 0) is 13.0 Å². The summed E-state index contributed by atoms with van der Waals surface area (Å²) in [5.41, 5.74) is 0. The average molecular weight is 250 g/mol. The van der Waals surface area contributed by atoms with E-state index in [0.29, 0.717) is 12.1 Å². The zero-order chi connectivity index (χ0) is 12.4. The van der Waals surface area contributed by atoms with E-state index < -0.39 is 0 Å². The molecule has 2 unspecified atom stereocenters. The van der Waals surface area contributed by atoms with Crippen molar-refractivity contribution in [2.24, 2.45) is 0 Å². The van der Waals surface area contributed by atoms with E-state index in [1.807, 2.05) is 6.92 Å². The second-order valence-electron chi connectivity index (χ2n) is 5.33. The number of aromatic nitrogens is 2. The van der Waals surface area contributed by atoms with E-state index in [1.165, 1.54) is 32.2 Å². The minimum atomic E-state index is 0.657. The fourth-order valence-corrected chi connectivity index (χ4v) is 3.21. The molecule has 1 aromatic rings. The van der Waals surface area contributed by atoms with Crippen LogP contribution in [0.3, 0.4) is 0 Å². The van der Waals surface area contributed by atoms with Gasteiger partial charge in [0.15, 0.2) is 0 Å². The van der Waals surface area contributed by atoms with Gasteiger partial charge in [-0.25, -0.2) is 0 Å². The van der Waals surface area contributed by atoms with Crippen LogP contribution in [0.2, 0.25) is 0 Å². The molecule has 5 nitrogen and oxygen atoms in total. The monoisotopic (exact) mass is 250 g/mol. The lowest BCUT2D eigenvalue weighted by Gasteiger charge is -2.28. The molecule has 2 aliphatic rings. The Labute approximate surface area is 108 Å². The van der Waals surface area contributed by atoms with Gasteiger partial charge in [0.25, 0.3) is 0 Å². The highest BCUT2D eigenvalue weighted by molar-refractivity contribution is 4.94. The number of hydrogen-bond donors (Lipinski definition) is 1. The van der Waals surface area contributed by atoms with Crippen LogP contribution < -0.4 is 5.32 Å². The van der Waals surface area contributed by atoms with Crippen LogP contribution in [0.5, 0.6) is 0 Å². The van der Waals surface area contributed by atoms with Crippen LogP contribution in [0, 0.1) is 0 Å². The summed E-state index contributed by atoms with van der Waals surface area (Å²) in [5.74, 6) is 1.52. The lowest BCUT2D eigenvalue weighted by molar-refractivity contribution is 0.188. The Hall–Kier alpha value is -0.940. The summed E-state index contributed by atoms with van der Waals surface area (Å²) >= 11 is 0. The summed E-state index contributed by atoms with van der Waals surface area (Å²) in [6.45, 7) is 5.19. The van der Waals surface area contributed by atoms with Crippen LogP contribution in [0.25, 0.3) is 0 Å². The third-order valence-corrected chi connectivity index (χ3v) is 4.13. The Bertz CT molecular complexity index is 386. The predicted octanol–water partition coefficient (Wildman–Crippen LogP) is 1.35. The largest absolute Gasteiger partial charge is 0.424 e. The third-order valence-electron chi connectivity index (χ3n) is 4.13. The van der Waals surface area contributed by atoms with Gasteiger partial charge in [-0.05, 0) is 38.8 Å². The number of nitrogens with zero attached hydrogens (tertiary/aromatic N) is 3. The molecule has 0 aromatic carbocycles. The van der Waals surface area contributed by atoms with Crippen molar-refractivity contribution in [3.63, 3.8) is 0 Å². The Morgan fingerprint density at radius 1 is 1.28 bits per heavy atom. The molecule has 2 saturated heterocycles. The van der Waals surface area contributed by atoms with Gasteiger partial charge in [0.1, 0.15) is 0 Å². The Kier molecular flexibility index (Phi) is 3.61. The maximum atomic E-state index is 5.62. The number of hydrogen-bond acceptors (Lipinski definition) is 5. The second kappa shape index (κ2) is 5.36. The fourth-order valence-electron chi connectivity index (χ4n) is 3.21. The fraction of sp³-hybridized carbons (Fsp3) is 0.846. The van der Waals surface area contributed by atoms with Crippen LogP contribution in [0.1, 0.15) is 44.4 Å². The summed E-state index contributed by atoms with van der Waals surface area (Å²) in [5, 5.41) is 11.8. The van der Waals surface area contributed by atoms with Crippen LogP contribution in [-0.4, -0.2) is 40.3 Å². The molecule has 2 aliphatic heterocycles. The van der Waals surface area contributed by atoms with E-state index >= 15 is 0 Å².